The van der Waals surface area contributed by atoms with E-state index in [9.17, 15) is 4.79 Å². The Balaban J connectivity index is 1.40. The first-order valence-corrected chi connectivity index (χ1v) is 10.6. The molecule has 4 aliphatic heterocycles. The Morgan fingerprint density at radius 1 is 0.929 bits per heavy atom. The van der Waals surface area contributed by atoms with Gasteiger partial charge in [0.05, 0.1) is 6.04 Å². The molecule has 146 valence electrons. The van der Waals surface area contributed by atoms with E-state index in [1.807, 2.05) is 23.1 Å². The van der Waals surface area contributed by atoms with Crippen LogP contribution in [0.2, 0.25) is 0 Å². The van der Waals surface area contributed by atoms with Gasteiger partial charge in [0.25, 0.3) is 0 Å². The molecule has 4 heteroatoms. The van der Waals surface area contributed by atoms with Crippen LogP contribution in [-0.4, -0.2) is 48.2 Å². The zero-order valence-corrected chi connectivity index (χ0v) is 16.3. The third-order valence-corrected chi connectivity index (χ3v) is 6.67. The van der Waals surface area contributed by atoms with Gasteiger partial charge in [0, 0.05) is 13.1 Å². The predicted octanol–water partition coefficient (Wildman–Crippen LogP) is 4.26. The fourth-order valence-electron chi connectivity index (χ4n) is 5.19. The topological polar surface area (TPSA) is 32.8 Å². The minimum atomic E-state index is -0.157. The van der Waals surface area contributed by atoms with Crippen molar-refractivity contribution in [2.24, 2.45) is 5.92 Å². The quantitative estimate of drug-likeness (QED) is 0.785. The van der Waals surface area contributed by atoms with Crippen LogP contribution in [-0.2, 0) is 11.2 Å². The number of nitrogens with zero attached hydrogens (tertiary/aromatic N) is 2. The molecular formula is C24H28N2O2. The van der Waals surface area contributed by atoms with E-state index in [1.54, 1.807) is 0 Å². The van der Waals surface area contributed by atoms with E-state index in [-0.39, 0.29) is 18.2 Å². The molecule has 4 heterocycles. The van der Waals surface area contributed by atoms with Crippen molar-refractivity contribution in [3.8, 4) is 0 Å². The summed E-state index contributed by atoms with van der Waals surface area (Å²) in [5, 5.41) is 0. The molecule has 4 aliphatic rings. The van der Waals surface area contributed by atoms with Crippen LogP contribution in [0.3, 0.4) is 0 Å². The Morgan fingerprint density at radius 3 is 2.50 bits per heavy atom. The highest BCUT2D eigenvalue weighted by Crippen LogP contribution is 2.36. The smallest absolute Gasteiger partial charge is 0.410 e. The van der Waals surface area contributed by atoms with Crippen molar-refractivity contribution in [1.29, 1.82) is 0 Å². The number of hydrogen-bond acceptors (Lipinski definition) is 3. The number of piperidine rings is 1. The highest BCUT2D eigenvalue weighted by molar-refractivity contribution is 5.70. The summed E-state index contributed by atoms with van der Waals surface area (Å²) < 4.78 is 6.10. The highest BCUT2D eigenvalue weighted by Gasteiger charge is 2.36. The molecule has 0 unspecified atom stereocenters. The monoisotopic (exact) mass is 376 g/mol. The molecule has 1 amide bonds. The summed E-state index contributed by atoms with van der Waals surface area (Å²) in [5.74, 6) is 0.712. The molecule has 6 rings (SSSR count). The van der Waals surface area contributed by atoms with Crippen molar-refractivity contribution in [1.82, 2.24) is 9.80 Å². The first-order chi connectivity index (χ1) is 13.8. The number of carbonyl (C=O) groups excluding carboxylic acids is 1. The lowest BCUT2D eigenvalue weighted by molar-refractivity contribution is 0.0405. The molecule has 2 aromatic carbocycles. The minimum absolute atomic E-state index is 0.0242. The minimum Gasteiger partial charge on any atom is -0.445 e. The number of ether oxygens (including phenoxy) is 1. The van der Waals surface area contributed by atoms with Crippen LogP contribution < -0.4 is 0 Å². The highest BCUT2D eigenvalue weighted by atomic mass is 16.6. The van der Waals surface area contributed by atoms with Gasteiger partial charge in [-0.15, -0.1) is 0 Å². The largest absolute Gasteiger partial charge is 0.445 e. The van der Waals surface area contributed by atoms with Crippen LogP contribution in [0, 0.1) is 5.92 Å². The molecule has 3 fully saturated rings. The van der Waals surface area contributed by atoms with Crippen molar-refractivity contribution >= 4 is 6.09 Å². The molecule has 2 bridgehead atoms. The van der Waals surface area contributed by atoms with Crippen LogP contribution >= 0.6 is 0 Å². The molecule has 0 radical (unpaired) electrons. The zero-order chi connectivity index (χ0) is 18.9. The van der Waals surface area contributed by atoms with E-state index in [0.717, 1.165) is 38.0 Å². The second-order valence-electron chi connectivity index (χ2n) is 8.44. The lowest BCUT2D eigenvalue weighted by Gasteiger charge is -2.37. The normalized spacial score (nSPS) is 29.1. The van der Waals surface area contributed by atoms with Crippen LogP contribution in [0.4, 0.5) is 4.79 Å². The second-order valence-corrected chi connectivity index (χ2v) is 8.44. The molecule has 2 aromatic rings. The molecule has 3 saturated heterocycles. The van der Waals surface area contributed by atoms with E-state index in [0.29, 0.717) is 12.5 Å². The fourth-order valence-corrected chi connectivity index (χ4v) is 5.19. The maximum absolute atomic E-state index is 13.3. The summed E-state index contributed by atoms with van der Waals surface area (Å²) in [6.07, 6.45) is 4.26. The van der Waals surface area contributed by atoms with Gasteiger partial charge in [-0.2, -0.15) is 0 Å². The maximum atomic E-state index is 13.3. The molecule has 0 N–H and O–H groups in total. The van der Waals surface area contributed by atoms with Crippen molar-refractivity contribution in [2.75, 3.05) is 26.2 Å². The number of rotatable bonds is 2. The van der Waals surface area contributed by atoms with E-state index in [2.05, 4.69) is 41.3 Å². The average Bonchev–Trinajstić information content (AvgIpc) is 3.06. The Morgan fingerprint density at radius 2 is 1.68 bits per heavy atom. The number of hydrogen-bond donors (Lipinski definition) is 0. The number of amides is 1. The van der Waals surface area contributed by atoms with Gasteiger partial charge in [-0.05, 0) is 61.4 Å². The van der Waals surface area contributed by atoms with Gasteiger partial charge in [-0.1, -0.05) is 54.6 Å². The lowest BCUT2D eigenvalue weighted by Crippen LogP contribution is -2.43. The lowest BCUT2D eigenvalue weighted by atomic mass is 9.88. The molecular weight excluding hydrogens is 348 g/mol. The summed E-state index contributed by atoms with van der Waals surface area (Å²) in [5.41, 5.74) is 3.71. The molecule has 2 atom stereocenters. The van der Waals surface area contributed by atoms with E-state index in [4.69, 9.17) is 4.74 Å². The van der Waals surface area contributed by atoms with Gasteiger partial charge >= 0.3 is 6.09 Å². The Labute approximate surface area is 167 Å². The Bertz CT molecular complexity index is 816. The molecule has 28 heavy (non-hydrogen) atoms. The first-order valence-electron chi connectivity index (χ1n) is 10.6. The summed E-state index contributed by atoms with van der Waals surface area (Å²) in [6, 6.07) is 18.8. The van der Waals surface area contributed by atoms with Gasteiger partial charge in [-0.3, -0.25) is 9.80 Å². The third kappa shape index (κ3) is 3.42. The van der Waals surface area contributed by atoms with Crippen LogP contribution in [0.5, 0.6) is 0 Å². The van der Waals surface area contributed by atoms with Crippen LogP contribution in [0.15, 0.2) is 54.6 Å². The van der Waals surface area contributed by atoms with Gasteiger partial charge in [0.15, 0.2) is 0 Å². The fraction of sp³-hybridized carbons (Fsp3) is 0.458. The van der Waals surface area contributed by atoms with Gasteiger partial charge in [-0.25, -0.2) is 4.79 Å². The average molecular weight is 377 g/mol. The van der Waals surface area contributed by atoms with E-state index < -0.39 is 0 Å². The van der Waals surface area contributed by atoms with Gasteiger partial charge in [0.2, 0.25) is 0 Å². The van der Waals surface area contributed by atoms with Gasteiger partial charge < -0.3 is 4.74 Å². The van der Waals surface area contributed by atoms with Crippen molar-refractivity contribution in [2.45, 2.75) is 37.8 Å². The maximum Gasteiger partial charge on any atom is 0.410 e. The first kappa shape index (κ1) is 17.7. The summed E-state index contributed by atoms with van der Waals surface area (Å²) in [6.45, 7) is 3.91. The second kappa shape index (κ2) is 7.59. The van der Waals surface area contributed by atoms with Crippen molar-refractivity contribution in [3.05, 3.63) is 71.3 Å². The zero-order valence-electron chi connectivity index (χ0n) is 16.3. The van der Waals surface area contributed by atoms with E-state index in [1.165, 1.54) is 24.0 Å². The summed E-state index contributed by atoms with van der Waals surface area (Å²) >= 11 is 0. The number of fused-ring (bicyclic) bond motifs is 5. The van der Waals surface area contributed by atoms with Crippen LogP contribution in [0.25, 0.3) is 0 Å². The van der Waals surface area contributed by atoms with Crippen molar-refractivity contribution < 1.29 is 9.53 Å². The van der Waals surface area contributed by atoms with Gasteiger partial charge in [0.1, 0.15) is 6.10 Å². The molecule has 0 saturated carbocycles. The Hall–Kier alpha value is -2.33. The van der Waals surface area contributed by atoms with Crippen LogP contribution in [0.1, 0.15) is 42.0 Å². The Kier molecular flexibility index (Phi) is 4.81. The van der Waals surface area contributed by atoms with E-state index >= 15 is 0 Å². The SMILES string of the molecule is O=C(O[C@@H]1CC2CCN(CC2)C1)N1CCc2ccccc2[C@@H]1c1ccccc1. The molecule has 4 nitrogen and oxygen atoms in total. The molecule has 0 spiro atoms. The molecule has 0 aliphatic carbocycles. The summed E-state index contributed by atoms with van der Waals surface area (Å²) in [4.78, 5) is 17.7. The molecule has 0 aromatic heterocycles. The predicted molar refractivity (Wildman–Crippen MR) is 109 cm³/mol. The van der Waals surface area contributed by atoms with Crippen molar-refractivity contribution in [3.63, 3.8) is 0 Å². The number of benzene rings is 2. The summed E-state index contributed by atoms with van der Waals surface area (Å²) in [7, 11) is 0. The third-order valence-electron chi connectivity index (χ3n) is 6.67. The number of carbonyl (C=O) groups is 1. The standard InChI is InChI=1S/C24H28N2O2/c27-24(28-21-16-18-10-13-25(17-21)14-11-18)26-15-12-19-6-4-5-9-22(19)23(26)20-7-2-1-3-8-20/h1-9,18,21,23H,10-17H2/t21-,23+/m1/s1.